The number of alkyl halides is 1. The highest BCUT2D eigenvalue weighted by Gasteiger charge is 2.25. The van der Waals surface area contributed by atoms with E-state index in [1.54, 1.807) is 6.20 Å². The third-order valence-corrected chi connectivity index (χ3v) is 2.31. The second kappa shape index (κ2) is 3.87. The molecule has 1 heterocycles. The summed E-state index contributed by atoms with van der Waals surface area (Å²) in [5.41, 5.74) is 0.990. The Labute approximate surface area is 76.7 Å². The topological polar surface area (TPSA) is 40.7 Å². The van der Waals surface area contributed by atoms with Gasteiger partial charge >= 0.3 is 0 Å². The normalized spacial score (nSPS) is 18.8. The molecule has 13 heavy (non-hydrogen) atoms. The summed E-state index contributed by atoms with van der Waals surface area (Å²) >= 11 is 0. The van der Waals surface area contributed by atoms with Crippen LogP contribution in [-0.2, 0) is 0 Å². The predicted octanol–water partition coefficient (Wildman–Crippen LogP) is 1.56. The summed E-state index contributed by atoms with van der Waals surface area (Å²) in [4.78, 5) is 0. The molecule has 2 N–H and O–H groups in total. The fraction of sp³-hybridized carbons (Fsp3) is 0.667. The molecule has 0 radical (unpaired) electrons. The molecule has 0 aromatic carbocycles. The van der Waals surface area contributed by atoms with E-state index in [-0.39, 0.29) is 12.7 Å². The standard InChI is InChI=1S/C9H14FN3/c10-5-3-8(12-7-1-2-7)9-4-6-11-13-9/h4,6-8,12H,1-3,5H2,(H,11,13). The van der Waals surface area contributed by atoms with Crippen LogP contribution < -0.4 is 5.32 Å². The summed E-state index contributed by atoms with van der Waals surface area (Å²) < 4.78 is 12.2. The minimum Gasteiger partial charge on any atom is -0.306 e. The Bertz CT molecular complexity index is 243. The predicted molar refractivity (Wildman–Crippen MR) is 48.1 cm³/mol. The molecule has 0 spiro atoms. The summed E-state index contributed by atoms with van der Waals surface area (Å²) in [6.45, 7) is -0.288. The van der Waals surface area contributed by atoms with Gasteiger partial charge in [0.15, 0.2) is 0 Å². The quantitative estimate of drug-likeness (QED) is 0.727. The summed E-state index contributed by atoms with van der Waals surface area (Å²) in [5, 5.41) is 10.1. The highest BCUT2D eigenvalue weighted by atomic mass is 19.1. The van der Waals surface area contributed by atoms with Crippen LogP contribution >= 0.6 is 0 Å². The van der Waals surface area contributed by atoms with Crippen molar-refractivity contribution in [3.63, 3.8) is 0 Å². The number of rotatable bonds is 5. The molecule has 0 saturated heterocycles. The van der Waals surface area contributed by atoms with Gasteiger partial charge in [0.1, 0.15) is 0 Å². The van der Waals surface area contributed by atoms with Crippen LogP contribution in [0.15, 0.2) is 12.3 Å². The Morgan fingerprint density at radius 3 is 3.08 bits per heavy atom. The summed E-state index contributed by atoms with van der Waals surface area (Å²) in [5.74, 6) is 0. The zero-order valence-electron chi connectivity index (χ0n) is 7.46. The molecule has 72 valence electrons. The maximum Gasteiger partial charge on any atom is 0.0913 e. The highest BCUT2D eigenvalue weighted by Crippen LogP contribution is 2.24. The van der Waals surface area contributed by atoms with Gasteiger partial charge in [-0.3, -0.25) is 9.49 Å². The molecule has 0 aliphatic heterocycles. The lowest BCUT2D eigenvalue weighted by molar-refractivity contribution is 0.394. The van der Waals surface area contributed by atoms with Crippen LogP contribution in [0.4, 0.5) is 4.39 Å². The van der Waals surface area contributed by atoms with Gasteiger partial charge in [-0.05, 0) is 25.3 Å². The number of hydrogen-bond donors (Lipinski definition) is 2. The average Bonchev–Trinajstić information content (AvgIpc) is 2.80. The summed E-state index contributed by atoms with van der Waals surface area (Å²) in [6.07, 6.45) is 4.67. The number of H-pyrrole nitrogens is 1. The molecule has 1 aromatic rings. The third kappa shape index (κ3) is 2.28. The van der Waals surface area contributed by atoms with Gasteiger partial charge in [-0.15, -0.1) is 0 Å². The fourth-order valence-corrected chi connectivity index (χ4v) is 1.43. The number of aromatic nitrogens is 2. The molecule has 1 atom stereocenters. The minimum absolute atomic E-state index is 0.111. The zero-order chi connectivity index (χ0) is 9.10. The van der Waals surface area contributed by atoms with Crippen LogP contribution in [0.3, 0.4) is 0 Å². The van der Waals surface area contributed by atoms with Crippen molar-refractivity contribution in [2.75, 3.05) is 6.67 Å². The van der Waals surface area contributed by atoms with Crippen LogP contribution in [-0.4, -0.2) is 22.9 Å². The van der Waals surface area contributed by atoms with Crippen molar-refractivity contribution in [3.05, 3.63) is 18.0 Å². The van der Waals surface area contributed by atoms with E-state index < -0.39 is 0 Å². The zero-order valence-corrected chi connectivity index (χ0v) is 7.46. The number of nitrogens with zero attached hydrogens (tertiary/aromatic N) is 1. The maximum atomic E-state index is 12.2. The second-order valence-corrected chi connectivity index (χ2v) is 3.48. The van der Waals surface area contributed by atoms with Crippen LogP contribution in [0, 0.1) is 0 Å². The number of aromatic amines is 1. The van der Waals surface area contributed by atoms with Gasteiger partial charge < -0.3 is 5.32 Å². The molecule has 1 unspecified atom stereocenters. The van der Waals surface area contributed by atoms with Crippen molar-refractivity contribution in [3.8, 4) is 0 Å². The monoisotopic (exact) mass is 183 g/mol. The lowest BCUT2D eigenvalue weighted by Crippen LogP contribution is -2.24. The van der Waals surface area contributed by atoms with Gasteiger partial charge in [0.2, 0.25) is 0 Å². The van der Waals surface area contributed by atoms with E-state index in [0.717, 1.165) is 5.69 Å². The van der Waals surface area contributed by atoms with E-state index in [9.17, 15) is 4.39 Å². The van der Waals surface area contributed by atoms with Crippen LogP contribution in [0.2, 0.25) is 0 Å². The first-order valence-corrected chi connectivity index (χ1v) is 4.71. The molecule has 1 aliphatic rings. The van der Waals surface area contributed by atoms with E-state index in [1.807, 2.05) is 6.07 Å². The van der Waals surface area contributed by atoms with E-state index in [2.05, 4.69) is 15.5 Å². The Balaban J connectivity index is 1.95. The van der Waals surface area contributed by atoms with Crippen molar-refractivity contribution in [1.82, 2.24) is 15.5 Å². The first kappa shape index (κ1) is 8.69. The van der Waals surface area contributed by atoms with Gasteiger partial charge in [0.05, 0.1) is 18.4 Å². The van der Waals surface area contributed by atoms with Gasteiger partial charge in [0.25, 0.3) is 0 Å². The first-order valence-electron chi connectivity index (χ1n) is 4.71. The van der Waals surface area contributed by atoms with E-state index >= 15 is 0 Å². The molecular formula is C9H14FN3. The summed E-state index contributed by atoms with van der Waals surface area (Å²) in [7, 11) is 0. The smallest absolute Gasteiger partial charge is 0.0913 e. The minimum atomic E-state index is -0.288. The maximum absolute atomic E-state index is 12.2. The van der Waals surface area contributed by atoms with Crippen molar-refractivity contribution < 1.29 is 4.39 Å². The Morgan fingerprint density at radius 1 is 1.69 bits per heavy atom. The Hall–Kier alpha value is -0.900. The molecule has 0 amide bonds. The largest absolute Gasteiger partial charge is 0.306 e. The Kier molecular flexibility index (Phi) is 2.59. The number of halogens is 1. The molecule has 3 nitrogen and oxygen atoms in total. The summed E-state index contributed by atoms with van der Waals surface area (Å²) in [6, 6.07) is 2.61. The molecule has 1 saturated carbocycles. The lowest BCUT2D eigenvalue weighted by atomic mass is 10.1. The van der Waals surface area contributed by atoms with Gasteiger partial charge in [-0.2, -0.15) is 5.10 Å². The molecular weight excluding hydrogens is 169 g/mol. The van der Waals surface area contributed by atoms with Crippen molar-refractivity contribution in [2.45, 2.75) is 31.3 Å². The van der Waals surface area contributed by atoms with E-state index in [1.165, 1.54) is 12.8 Å². The van der Waals surface area contributed by atoms with Gasteiger partial charge in [-0.1, -0.05) is 0 Å². The number of hydrogen-bond acceptors (Lipinski definition) is 2. The first-order chi connectivity index (χ1) is 6.40. The molecule has 1 fully saturated rings. The second-order valence-electron chi connectivity index (χ2n) is 3.48. The van der Waals surface area contributed by atoms with Crippen LogP contribution in [0.25, 0.3) is 0 Å². The highest BCUT2D eigenvalue weighted by molar-refractivity contribution is 5.06. The molecule has 4 heteroatoms. The van der Waals surface area contributed by atoms with Crippen molar-refractivity contribution in [1.29, 1.82) is 0 Å². The fourth-order valence-electron chi connectivity index (χ4n) is 1.43. The van der Waals surface area contributed by atoms with Crippen LogP contribution in [0.5, 0.6) is 0 Å². The Morgan fingerprint density at radius 2 is 2.54 bits per heavy atom. The average molecular weight is 183 g/mol. The molecule has 1 aromatic heterocycles. The molecule has 1 aliphatic carbocycles. The SMILES string of the molecule is FCCC(NC1CC1)c1ccn[nH]1. The molecule has 2 rings (SSSR count). The van der Waals surface area contributed by atoms with Crippen molar-refractivity contribution >= 4 is 0 Å². The van der Waals surface area contributed by atoms with E-state index in [4.69, 9.17) is 0 Å². The van der Waals surface area contributed by atoms with E-state index in [0.29, 0.717) is 12.5 Å². The number of nitrogens with one attached hydrogen (secondary N) is 2. The van der Waals surface area contributed by atoms with Gasteiger partial charge in [-0.25, -0.2) is 0 Å². The van der Waals surface area contributed by atoms with Gasteiger partial charge in [0, 0.05) is 12.2 Å². The molecule has 0 bridgehead atoms. The lowest BCUT2D eigenvalue weighted by Gasteiger charge is -2.14. The van der Waals surface area contributed by atoms with Crippen molar-refractivity contribution in [2.24, 2.45) is 0 Å². The third-order valence-electron chi connectivity index (χ3n) is 2.31. The van der Waals surface area contributed by atoms with Crippen LogP contribution in [0.1, 0.15) is 31.0 Å².